The van der Waals surface area contributed by atoms with Gasteiger partial charge >= 0.3 is 0 Å². The molecule has 1 heteroatoms. The highest BCUT2D eigenvalue weighted by molar-refractivity contribution is 5.26. The van der Waals surface area contributed by atoms with Crippen LogP contribution in [0.15, 0.2) is 24.3 Å². The molecule has 1 atom stereocenters. The van der Waals surface area contributed by atoms with Crippen molar-refractivity contribution in [2.24, 2.45) is 11.7 Å². The van der Waals surface area contributed by atoms with Gasteiger partial charge in [-0.25, -0.2) is 0 Å². The highest BCUT2D eigenvalue weighted by atomic mass is 14.6. The largest absolute Gasteiger partial charge is 0.327 e. The fourth-order valence-electron chi connectivity index (χ4n) is 2.82. The molecule has 1 aromatic carbocycles. The summed E-state index contributed by atoms with van der Waals surface area (Å²) in [6.45, 7) is 2.18. The van der Waals surface area contributed by atoms with E-state index in [1.165, 1.54) is 43.2 Å². The van der Waals surface area contributed by atoms with Gasteiger partial charge in [0.05, 0.1) is 0 Å². The van der Waals surface area contributed by atoms with Crippen LogP contribution in [0.4, 0.5) is 0 Å². The first-order chi connectivity index (χ1) is 7.77. The molecule has 1 aliphatic carbocycles. The minimum absolute atomic E-state index is 0.362. The molecule has 88 valence electrons. The summed E-state index contributed by atoms with van der Waals surface area (Å²) in [6, 6.07) is 8.99. The molecule has 0 aliphatic heterocycles. The maximum absolute atomic E-state index is 6.35. The Hall–Kier alpha value is -0.820. The molecule has 1 unspecified atom stereocenters. The lowest BCUT2D eigenvalue weighted by Crippen LogP contribution is -2.33. The lowest BCUT2D eigenvalue weighted by molar-refractivity contribution is 0.303. The summed E-state index contributed by atoms with van der Waals surface area (Å²) in [5.41, 5.74) is 9.16. The molecule has 1 aliphatic rings. The number of nitrogens with two attached hydrogens (primary N) is 1. The van der Waals surface area contributed by atoms with Crippen LogP contribution in [0.25, 0.3) is 0 Å². The monoisotopic (exact) mass is 217 g/mol. The summed E-state index contributed by atoms with van der Waals surface area (Å²) in [5, 5.41) is 0. The highest BCUT2D eigenvalue weighted by Crippen LogP contribution is 2.27. The molecule has 2 N–H and O–H groups in total. The molecule has 1 aromatic rings. The van der Waals surface area contributed by atoms with Crippen LogP contribution < -0.4 is 5.73 Å². The predicted octanol–water partition coefficient (Wildman–Crippen LogP) is 3.45. The SMILES string of the molecule is Cc1ccccc1CC(N)C1CCCCC1. The second-order valence-corrected chi connectivity index (χ2v) is 5.19. The third-order valence-electron chi connectivity index (χ3n) is 3.97. The Morgan fingerprint density at radius 1 is 1.19 bits per heavy atom. The molecule has 0 spiro atoms. The van der Waals surface area contributed by atoms with Gasteiger partial charge in [-0.3, -0.25) is 0 Å². The third kappa shape index (κ3) is 2.85. The van der Waals surface area contributed by atoms with Crippen molar-refractivity contribution >= 4 is 0 Å². The standard InChI is InChI=1S/C15H23N/c1-12-7-5-6-10-14(12)11-15(16)13-8-3-2-4-9-13/h5-7,10,13,15H,2-4,8-9,11,16H2,1H3. The Morgan fingerprint density at radius 3 is 2.56 bits per heavy atom. The minimum atomic E-state index is 0.362. The minimum Gasteiger partial charge on any atom is -0.327 e. The Morgan fingerprint density at radius 2 is 1.88 bits per heavy atom. The summed E-state index contributed by atoms with van der Waals surface area (Å²) in [4.78, 5) is 0. The number of aryl methyl sites for hydroxylation is 1. The van der Waals surface area contributed by atoms with Gasteiger partial charge in [-0.2, -0.15) is 0 Å². The van der Waals surface area contributed by atoms with Gasteiger partial charge in [-0.1, -0.05) is 43.5 Å². The Balaban J connectivity index is 1.96. The maximum Gasteiger partial charge on any atom is 0.0108 e. The lowest BCUT2D eigenvalue weighted by atomic mass is 9.81. The van der Waals surface area contributed by atoms with E-state index in [-0.39, 0.29) is 0 Å². The number of benzene rings is 1. The van der Waals surface area contributed by atoms with Crippen LogP contribution in [-0.2, 0) is 6.42 Å². The zero-order valence-electron chi connectivity index (χ0n) is 10.3. The van der Waals surface area contributed by atoms with Gasteiger partial charge in [0.25, 0.3) is 0 Å². The van der Waals surface area contributed by atoms with Crippen LogP contribution in [0.5, 0.6) is 0 Å². The van der Waals surface area contributed by atoms with Crippen molar-refractivity contribution in [3.63, 3.8) is 0 Å². The molecule has 16 heavy (non-hydrogen) atoms. The smallest absolute Gasteiger partial charge is 0.0108 e. The molecule has 1 nitrogen and oxygen atoms in total. The van der Waals surface area contributed by atoms with Crippen LogP contribution >= 0.6 is 0 Å². The van der Waals surface area contributed by atoms with E-state index in [1.54, 1.807) is 0 Å². The van der Waals surface area contributed by atoms with Crippen molar-refractivity contribution in [2.45, 2.75) is 51.5 Å². The van der Waals surface area contributed by atoms with Gasteiger partial charge in [-0.15, -0.1) is 0 Å². The van der Waals surface area contributed by atoms with Crippen molar-refractivity contribution in [3.8, 4) is 0 Å². The van der Waals surface area contributed by atoms with Crippen LogP contribution in [0, 0.1) is 12.8 Å². The predicted molar refractivity (Wildman–Crippen MR) is 69.4 cm³/mol. The van der Waals surface area contributed by atoms with Crippen LogP contribution in [0.3, 0.4) is 0 Å². The van der Waals surface area contributed by atoms with E-state index in [9.17, 15) is 0 Å². The highest BCUT2D eigenvalue weighted by Gasteiger charge is 2.20. The van der Waals surface area contributed by atoms with Crippen molar-refractivity contribution in [1.82, 2.24) is 0 Å². The number of rotatable bonds is 3. The van der Waals surface area contributed by atoms with E-state index < -0.39 is 0 Å². The molecule has 0 saturated heterocycles. The molecule has 2 rings (SSSR count). The van der Waals surface area contributed by atoms with Crippen LogP contribution in [0.1, 0.15) is 43.2 Å². The van der Waals surface area contributed by atoms with E-state index in [0.717, 1.165) is 12.3 Å². The first-order valence-corrected chi connectivity index (χ1v) is 6.57. The van der Waals surface area contributed by atoms with Gasteiger partial charge in [0.15, 0.2) is 0 Å². The summed E-state index contributed by atoms with van der Waals surface area (Å²) < 4.78 is 0. The zero-order chi connectivity index (χ0) is 11.4. The van der Waals surface area contributed by atoms with Gasteiger partial charge in [0.1, 0.15) is 0 Å². The first-order valence-electron chi connectivity index (χ1n) is 6.57. The fourth-order valence-corrected chi connectivity index (χ4v) is 2.82. The van der Waals surface area contributed by atoms with Crippen molar-refractivity contribution in [3.05, 3.63) is 35.4 Å². The molecule has 0 radical (unpaired) electrons. The Bertz CT molecular complexity index is 326. The van der Waals surface area contributed by atoms with Crippen LogP contribution in [-0.4, -0.2) is 6.04 Å². The van der Waals surface area contributed by atoms with Gasteiger partial charge in [0.2, 0.25) is 0 Å². The summed E-state index contributed by atoms with van der Waals surface area (Å²) in [7, 11) is 0. The molecular weight excluding hydrogens is 194 g/mol. The van der Waals surface area contributed by atoms with Gasteiger partial charge in [-0.05, 0) is 43.2 Å². The summed E-state index contributed by atoms with van der Waals surface area (Å²) in [5.74, 6) is 0.758. The molecule has 1 saturated carbocycles. The second kappa shape index (κ2) is 5.49. The van der Waals surface area contributed by atoms with Crippen molar-refractivity contribution in [1.29, 1.82) is 0 Å². The topological polar surface area (TPSA) is 26.0 Å². The average molecular weight is 217 g/mol. The molecule has 0 amide bonds. The van der Waals surface area contributed by atoms with E-state index in [4.69, 9.17) is 5.73 Å². The third-order valence-corrected chi connectivity index (χ3v) is 3.97. The number of hydrogen-bond acceptors (Lipinski definition) is 1. The average Bonchev–Trinajstić information content (AvgIpc) is 2.33. The summed E-state index contributed by atoms with van der Waals surface area (Å²) >= 11 is 0. The molecular formula is C15H23N. The van der Waals surface area contributed by atoms with Crippen molar-refractivity contribution < 1.29 is 0 Å². The maximum atomic E-state index is 6.35. The molecule has 1 fully saturated rings. The molecule has 0 aromatic heterocycles. The van der Waals surface area contributed by atoms with Gasteiger partial charge < -0.3 is 5.73 Å². The number of hydrogen-bond donors (Lipinski definition) is 1. The van der Waals surface area contributed by atoms with E-state index >= 15 is 0 Å². The first kappa shape index (κ1) is 11.7. The van der Waals surface area contributed by atoms with Gasteiger partial charge in [0, 0.05) is 6.04 Å². The lowest BCUT2D eigenvalue weighted by Gasteiger charge is -2.27. The Kier molecular flexibility index (Phi) is 4.00. The van der Waals surface area contributed by atoms with Crippen LogP contribution in [0.2, 0.25) is 0 Å². The normalized spacial score (nSPS) is 19.6. The van der Waals surface area contributed by atoms with E-state index in [0.29, 0.717) is 6.04 Å². The quantitative estimate of drug-likeness (QED) is 0.824. The fraction of sp³-hybridized carbons (Fsp3) is 0.600. The molecule has 0 bridgehead atoms. The van der Waals surface area contributed by atoms with E-state index in [1.807, 2.05) is 0 Å². The second-order valence-electron chi connectivity index (χ2n) is 5.19. The Labute approximate surface area is 99.0 Å². The van der Waals surface area contributed by atoms with E-state index in [2.05, 4.69) is 31.2 Å². The molecule has 0 heterocycles. The van der Waals surface area contributed by atoms with Crippen molar-refractivity contribution in [2.75, 3.05) is 0 Å². The zero-order valence-corrected chi connectivity index (χ0v) is 10.3. The summed E-state index contributed by atoms with van der Waals surface area (Å²) in [6.07, 6.45) is 7.91.